The van der Waals surface area contributed by atoms with E-state index >= 15 is 0 Å². The van der Waals surface area contributed by atoms with Gasteiger partial charge >= 0.3 is 10.3 Å². The van der Waals surface area contributed by atoms with Crippen LogP contribution in [0.1, 0.15) is 12.8 Å². The molecule has 6 atom stereocenters. The van der Waals surface area contributed by atoms with E-state index in [1.165, 1.54) is 0 Å². The normalized spacial score (nSPS) is 38.2. The van der Waals surface area contributed by atoms with E-state index < -0.39 is 64.8 Å². The lowest BCUT2D eigenvalue weighted by Gasteiger charge is -2.46. The molecule has 1 aliphatic heterocycles. The lowest BCUT2D eigenvalue weighted by Crippen LogP contribution is -2.68. The van der Waals surface area contributed by atoms with Gasteiger partial charge in [-0.05, 0) is 12.8 Å². The van der Waals surface area contributed by atoms with Crippen molar-refractivity contribution in [3.05, 3.63) is 0 Å². The molecule has 0 aromatic carbocycles. The van der Waals surface area contributed by atoms with Crippen LogP contribution in [0.15, 0.2) is 0 Å². The smallest absolute Gasteiger partial charge is 0.335 e. The first-order valence-electron chi connectivity index (χ1n) is 6.38. The van der Waals surface area contributed by atoms with Gasteiger partial charge in [-0.2, -0.15) is 8.42 Å². The number of rotatable bonds is 7. The Bertz CT molecular complexity index is 552. The predicted molar refractivity (Wildman–Crippen MR) is 68.8 cm³/mol. The minimum Gasteiger partial charge on any atom is -0.750 e. The van der Waals surface area contributed by atoms with Crippen LogP contribution in [0.25, 0.3) is 0 Å². The van der Waals surface area contributed by atoms with Crippen LogP contribution in [0.2, 0.25) is 0 Å². The number of ether oxygens (including phenoxy) is 2. The molecule has 1 heterocycles. The van der Waals surface area contributed by atoms with Crippen LogP contribution < -0.4 is 5.14 Å². The molecule has 5 N–H and O–H groups in total. The van der Waals surface area contributed by atoms with Gasteiger partial charge in [0.2, 0.25) is 6.29 Å². The average molecular weight is 378 g/mol. The first kappa shape index (κ1) is 19.1. The van der Waals surface area contributed by atoms with Gasteiger partial charge in [0.05, 0.1) is 24.1 Å². The molecule has 0 bridgehead atoms. The van der Waals surface area contributed by atoms with Gasteiger partial charge in [0.25, 0.3) is 5.79 Å². The first-order valence-corrected chi connectivity index (χ1v) is 8.85. The molecule has 1 saturated heterocycles. The summed E-state index contributed by atoms with van der Waals surface area (Å²) >= 11 is -3.00. The molecule has 0 aromatic rings. The van der Waals surface area contributed by atoms with E-state index in [0.29, 0.717) is 12.8 Å². The third-order valence-corrected chi connectivity index (χ3v) is 4.09. The summed E-state index contributed by atoms with van der Waals surface area (Å²) in [6.07, 6.45) is -7.23. The average Bonchev–Trinajstić information content (AvgIpc) is 3.20. The fraction of sp³-hybridized carbons (Fsp3) is 1.00. The van der Waals surface area contributed by atoms with Gasteiger partial charge in [0, 0.05) is 0 Å². The van der Waals surface area contributed by atoms with Gasteiger partial charge in [0.1, 0.15) is 18.3 Å². The summed E-state index contributed by atoms with van der Waals surface area (Å²) in [7, 11) is -4.63. The Labute approximate surface area is 133 Å². The zero-order chi connectivity index (χ0) is 17.4. The monoisotopic (exact) mass is 378 g/mol. The molecule has 14 heteroatoms. The first-order chi connectivity index (χ1) is 10.5. The molecule has 1 saturated carbocycles. The largest absolute Gasteiger partial charge is 0.750 e. The maximum absolute atomic E-state index is 11.0. The van der Waals surface area contributed by atoms with Crippen molar-refractivity contribution in [2.24, 2.45) is 5.14 Å². The van der Waals surface area contributed by atoms with Crippen molar-refractivity contribution in [2.75, 3.05) is 6.61 Å². The molecule has 23 heavy (non-hydrogen) atoms. The lowest BCUT2D eigenvalue weighted by atomic mass is 9.96. The second kappa shape index (κ2) is 6.93. The molecule has 0 aromatic heterocycles. The summed E-state index contributed by atoms with van der Waals surface area (Å²) in [6.45, 7) is -0.635. The molecule has 1 aliphatic carbocycles. The molecule has 12 nitrogen and oxygen atoms in total. The van der Waals surface area contributed by atoms with Crippen molar-refractivity contribution in [3.63, 3.8) is 0 Å². The van der Waals surface area contributed by atoms with Crippen molar-refractivity contribution in [1.29, 1.82) is 0 Å². The Kier molecular flexibility index (Phi) is 5.74. The van der Waals surface area contributed by atoms with Gasteiger partial charge in [-0.1, -0.05) is 0 Å². The summed E-state index contributed by atoms with van der Waals surface area (Å²) in [4.78, 5) is 0. The quantitative estimate of drug-likeness (QED) is 0.251. The molecule has 2 rings (SSSR count). The van der Waals surface area contributed by atoms with E-state index in [1.54, 1.807) is 0 Å². The highest BCUT2D eigenvalue weighted by molar-refractivity contribution is 7.84. The number of aliphatic hydroxyl groups is 3. The highest BCUT2D eigenvalue weighted by atomic mass is 32.2. The minimum atomic E-state index is -4.63. The maximum atomic E-state index is 11.0. The minimum absolute atomic E-state index is 0.471. The van der Waals surface area contributed by atoms with E-state index in [0.717, 1.165) is 0 Å². The molecule has 0 spiro atoms. The van der Waals surface area contributed by atoms with Gasteiger partial charge in [-0.15, -0.1) is 0 Å². The molecule has 0 amide bonds. The Morgan fingerprint density at radius 1 is 1.39 bits per heavy atom. The Hall–Kier alpha value is -0.260. The van der Waals surface area contributed by atoms with E-state index in [2.05, 4.69) is 13.5 Å². The maximum Gasteiger partial charge on any atom is 0.335 e. The van der Waals surface area contributed by atoms with Crippen molar-refractivity contribution in [1.82, 2.24) is 0 Å². The van der Waals surface area contributed by atoms with Crippen LogP contribution >= 0.6 is 0 Å². The van der Waals surface area contributed by atoms with Crippen molar-refractivity contribution >= 4 is 21.7 Å². The number of aliphatic hydroxyl groups excluding tert-OH is 3. The van der Waals surface area contributed by atoms with Crippen LogP contribution in [-0.2, 0) is 39.5 Å². The predicted octanol–water partition coefficient (Wildman–Crippen LogP) is -3.67. The lowest BCUT2D eigenvalue weighted by molar-refractivity contribution is -0.394. The van der Waals surface area contributed by atoms with Crippen LogP contribution in [0.5, 0.6) is 0 Å². The van der Waals surface area contributed by atoms with Gasteiger partial charge in [-0.25, -0.2) is 13.5 Å². The van der Waals surface area contributed by atoms with Crippen molar-refractivity contribution in [2.45, 2.75) is 49.3 Å². The molecule has 2 fully saturated rings. The molecule has 2 aliphatic rings. The Morgan fingerprint density at radius 2 is 2.00 bits per heavy atom. The van der Waals surface area contributed by atoms with Crippen molar-refractivity contribution < 1.29 is 50.3 Å². The summed E-state index contributed by atoms with van der Waals surface area (Å²) in [5.74, 6) is -2.47. The van der Waals surface area contributed by atoms with E-state index in [1.807, 2.05) is 0 Å². The third kappa shape index (κ3) is 4.64. The third-order valence-electron chi connectivity index (χ3n) is 3.24. The Morgan fingerprint density at radius 3 is 2.48 bits per heavy atom. The van der Waals surface area contributed by atoms with Gasteiger partial charge in [-0.3, -0.25) is 4.18 Å². The molecule has 2 unspecified atom stereocenters. The Balaban J connectivity index is 2.22. The molecule has 136 valence electrons. The van der Waals surface area contributed by atoms with E-state index in [9.17, 15) is 32.5 Å². The van der Waals surface area contributed by atoms with Crippen LogP contribution in [0.3, 0.4) is 0 Å². The number of hydrogen-bond acceptors (Lipinski definition) is 11. The summed E-state index contributed by atoms with van der Waals surface area (Å²) in [6, 6.07) is 0. The zero-order valence-corrected chi connectivity index (χ0v) is 13.1. The van der Waals surface area contributed by atoms with Crippen LogP contribution in [0.4, 0.5) is 0 Å². The molecule has 0 radical (unpaired) electrons. The SMILES string of the molecule is NS(=O)(=O)OC(O)[C@@]1(OC2CC2)OC[C@@H](OS(=O)[O-])[C@@H](O)[C@@H]1O. The van der Waals surface area contributed by atoms with E-state index in [-0.39, 0.29) is 0 Å². The zero-order valence-electron chi connectivity index (χ0n) is 11.5. The van der Waals surface area contributed by atoms with Crippen LogP contribution in [0, 0.1) is 0 Å². The van der Waals surface area contributed by atoms with Gasteiger partial charge < -0.3 is 29.3 Å². The van der Waals surface area contributed by atoms with Crippen LogP contribution in [-0.4, -0.2) is 75.6 Å². The number of hydrogen-bond donors (Lipinski definition) is 4. The summed E-state index contributed by atoms with van der Waals surface area (Å²) < 4.78 is 61.8. The summed E-state index contributed by atoms with van der Waals surface area (Å²) in [5.41, 5.74) is 0. The second-order valence-corrected chi connectivity index (χ2v) is 6.84. The highest BCUT2D eigenvalue weighted by Gasteiger charge is 2.59. The number of nitrogens with two attached hydrogens (primary N) is 1. The van der Waals surface area contributed by atoms with Crippen molar-refractivity contribution in [3.8, 4) is 0 Å². The fourth-order valence-corrected chi connectivity index (χ4v) is 2.80. The topological polar surface area (TPSA) is 198 Å². The molecular formula is C9H16NO11S2-. The second-order valence-electron chi connectivity index (χ2n) is 5.07. The standard InChI is InChI=1S/C9H17NO11S2/c10-23(16,17)21-8(13)9(19-4-1-2-4)7(12)6(11)5(3-18-9)20-22(14)15/h4-8,11-13H,1-3H2,(H,14,15)(H2,10,16,17)/p-1/t5-,6-,7+,8?,9-/m1/s1. The summed E-state index contributed by atoms with van der Waals surface area (Å²) in [5, 5.41) is 34.7. The highest BCUT2D eigenvalue weighted by Crippen LogP contribution is 2.38. The van der Waals surface area contributed by atoms with Gasteiger partial charge in [0.15, 0.2) is 0 Å². The molecular weight excluding hydrogens is 362 g/mol. The fourth-order valence-electron chi connectivity index (χ4n) is 2.04. The van der Waals surface area contributed by atoms with E-state index in [4.69, 9.17) is 9.47 Å².